The Morgan fingerprint density at radius 3 is 2.54 bits per heavy atom. The van der Waals surface area contributed by atoms with E-state index in [2.05, 4.69) is 26.9 Å². The van der Waals surface area contributed by atoms with Crippen molar-refractivity contribution >= 4 is 40.2 Å². The molecule has 0 fully saturated rings. The van der Waals surface area contributed by atoms with Crippen LogP contribution in [0.25, 0.3) is 10.9 Å². The molecule has 0 unspecified atom stereocenters. The molecule has 7 heteroatoms. The number of aryl methyl sites for hydroxylation is 1. The number of nitrogens with one attached hydrogen (secondary N) is 1. The molecule has 6 nitrogen and oxygen atoms in total. The van der Waals surface area contributed by atoms with E-state index in [4.69, 9.17) is 0 Å². The van der Waals surface area contributed by atoms with Gasteiger partial charge >= 0.3 is 5.97 Å². The number of ether oxygens (including phenoxy) is 1. The van der Waals surface area contributed by atoms with Crippen LogP contribution >= 0.6 is 11.8 Å². The van der Waals surface area contributed by atoms with Gasteiger partial charge in [0.1, 0.15) is 10.9 Å². The van der Waals surface area contributed by atoms with Gasteiger partial charge in [0.25, 0.3) is 0 Å². The Labute approximate surface area is 167 Å². The number of hydrogen-bond acceptors (Lipinski definition) is 6. The first-order valence-electron chi connectivity index (χ1n) is 8.97. The molecule has 0 saturated heterocycles. The maximum Gasteiger partial charge on any atom is 0.337 e. The number of para-hydroxylation sites is 1. The highest BCUT2D eigenvalue weighted by Gasteiger charge is 2.11. The molecule has 3 rings (SSSR count). The molecule has 0 saturated carbocycles. The van der Waals surface area contributed by atoms with Crippen LogP contribution in [0.3, 0.4) is 0 Å². The van der Waals surface area contributed by atoms with Crippen molar-refractivity contribution < 1.29 is 14.3 Å². The number of methoxy groups -OCH3 is 1. The van der Waals surface area contributed by atoms with Crippen molar-refractivity contribution in [2.75, 3.05) is 18.2 Å². The number of carbonyl (C=O) groups is 2. The Morgan fingerprint density at radius 2 is 1.82 bits per heavy atom. The van der Waals surface area contributed by atoms with Crippen LogP contribution in [0.15, 0.2) is 53.6 Å². The zero-order valence-electron chi connectivity index (χ0n) is 15.8. The van der Waals surface area contributed by atoms with Gasteiger partial charge < -0.3 is 10.1 Å². The first-order valence-corrected chi connectivity index (χ1v) is 9.96. The molecule has 0 spiro atoms. The average molecular weight is 395 g/mol. The van der Waals surface area contributed by atoms with Crippen molar-refractivity contribution in [3.8, 4) is 0 Å². The van der Waals surface area contributed by atoms with Gasteiger partial charge in [0.15, 0.2) is 0 Å². The summed E-state index contributed by atoms with van der Waals surface area (Å²) in [6.45, 7) is 2.09. The fourth-order valence-corrected chi connectivity index (χ4v) is 3.52. The number of anilines is 1. The predicted molar refractivity (Wildman–Crippen MR) is 111 cm³/mol. The summed E-state index contributed by atoms with van der Waals surface area (Å²) in [6, 6.07) is 14.4. The molecule has 0 bridgehead atoms. The van der Waals surface area contributed by atoms with Crippen LogP contribution in [0, 0.1) is 0 Å². The van der Waals surface area contributed by atoms with Crippen LogP contribution < -0.4 is 5.32 Å². The Hall–Kier alpha value is -2.93. The molecule has 0 radical (unpaired) electrons. The van der Waals surface area contributed by atoms with Crippen molar-refractivity contribution in [1.82, 2.24) is 9.97 Å². The number of amides is 1. The highest BCUT2D eigenvalue weighted by molar-refractivity contribution is 8.00. The van der Waals surface area contributed by atoms with Gasteiger partial charge in [-0.15, -0.1) is 0 Å². The molecule has 1 aromatic heterocycles. The first-order chi connectivity index (χ1) is 13.6. The van der Waals surface area contributed by atoms with Gasteiger partial charge in [-0.1, -0.05) is 36.9 Å². The van der Waals surface area contributed by atoms with Gasteiger partial charge in [0, 0.05) is 17.5 Å². The Balaban J connectivity index is 1.68. The lowest BCUT2D eigenvalue weighted by Gasteiger charge is -2.09. The van der Waals surface area contributed by atoms with E-state index in [-0.39, 0.29) is 11.7 Å². The highest BCUT2D eigenvalue weighted by atomic mass is 32.2. The largest absolute Gasteiger partial charge is 0.465 e. The Bertz CT molecular complexity index is 990. The molecule has 0 atom stereocenters. The number of hydrogen-bond donors (Lipinski definition) is 1. The number of esters is 1. The summed E-state index contributed by atoms with van der Waals surface area (Å²) in [7, 11) is 1.33. The number of carbonyl (C=O) groups excluding carboxylic acids is 2. The molecule has 0 aliphatic carbocycles. The van der Waals surface area contributed by atoms with E-state index in [1.54, 1.807) is 24.3 Å². The maximum absolute atomic E-state index is 12.3. The summed E-state index contributed by atoms with van der Waals surface area (Å²) < 4.78 is 4.67. The zero-order valence-corrected chi connectivity index (χ0v) is 16.6. The number of fused-ring (bicyclic) bond motifs is 1. The first kappa shape index (κ1) is 19.8. The van der Waals surface area contributed by atoms with Gasteiger partial charge in [-0.2, -0.15) is 0 Å². The summed E-state index contributed by atoms with van der Waals surface area (Å²) in [4.78, 5) is 33.0. The molecule has 0 aliphatic rings. The third kappa shape index (κ3) is 4.86. The van der Waals surface area contributed by atoms with Crippen LogP contribution in [0.2, 0.25) is 0 Å². The second-order valence-electron chi connectivity index (χ2n) is 6.12. The molecule has 2 aromatic carbocycles. The minimum atomic E-state index is -0.410. The van der Waals surface area contributed by atoms with E-state index in [0.29, 0.717) is 11.3 Å². The second kappa shape index (κ2) is 9.32. The van der Waals surface area contributed by atoms with Crippen molar-refractivity contribution in [2.45, 2.75) is 24.8 Å². The summed E-state index contributed by atoms with van der Waals surface area (Å²) in [5.41, 5.74) is 1.95. The molecular weight excluding hydrogens is 374 g/mol. The van der Waals surface area contributed by atoms with E-state index in [9.17, 15) is 9.59 Å². The van der Waals surface area contributed by atoms with Crippen LogP contribution in [0.1, 0.15) is 29.5 Å². The van der Waals surface area contributed by atoms with Gasteiger partial charge in [0.2, 0.25) is 5.91 Å². The Morgan fingerprint density at radius 1 is 1.07 bits per heavy atom. The maximum atomic E-state index is 12.3. The fourth-order valence-electron chi connectivity index (χ4n) is 2.68. The smallest absolute Gasteiger partial charge is 0.337 e. The van der Waals surface area contributed by atoms with Crippen molar-refractivity contribution in [3.63, 3.8) is 0 Å². The van der Waals surface area contributed by atoms with E-state index in [0.717, 1.165) is 34.6 Å². The number of benzene rings is 2. The van der Waals surface area contributed by atoms with Crippen molar-refractivity contribution in [3.05, 3.63) is 59.9 Å². The highest BCUT2D eigenvalue weighted by Crippen LogP contribution is 2.25. The number of nitrogens with zero attached hydrogens (tertiary/aromatic N) is 2. The van der Waals surface area contributed by atoms with E-state index in [1.165, 1.54) is 18.9 Å². The standard InChI is InChI=1S/C21H21N3O3S/c1-3-6-18-23-17-8-5-4-7-16(17)20(24-18)28-13-19(25)22-15-11-9-14(10-12-15)21(26)27-2/h4-5,7-12H,3,6,13H2,1-2H3,(H,22,25). The zero-order chi connectivity index (χ0) is 19.9. The van der Waals surface area contributed by atoms with Gasteiger partial charge in [-0.05, 0) is 36.8 Å². The lowest BCUT2D eigenvalue weighted by molar-refractivity contribution is -0.113. The van der Waals surface area contributed by atoms with E-state index < -0.39 is 5.97 Å². The normalized spacial score (nSPS) is 10.6. The number of thioether (sulfide) groups is 1. The molecular formula is C21H21N3O3S. The molecule has 0 aliphatic heterocycles. The van der Waals surface area contributed by atoms with Crippen LogP contribution in [-0.2, 0) is 16.0 Å². The molecule has 28 heavy (non-hydrogen) atoms. The second-order valence-corrected chi connectivity index (χ2v) is 7.08. The third-order valence-electron chi connectivity index (χ3n) is 4.02. The molecule has 144 valence electrons. The minimum absolute atomic E-state index is 0.143. The molecule has 1 amide bonds. The third-order valence-corrected chi connectivity index (χ3v) is 5.01. The molecule has 1 N–H and O–H groups in total. The number of rotatable bonds is 7. The van der Waals surface area contributed by atoms with Crippen LogP contribution in [-0.4, -0.2) is 34.7 Å². The monoisotopic (exact) mass is 395 g/mol. The quantitative estimate of drug-likeness (QED) is 0.368. The lowest BCUT2D eigenvalue weighted by Crippen LogP contribution is -2.14. The summed E-state index contributed by atoms with van der Waals surface area (Å²) in [5, 5.41) is 4.59. The van der Waals surface area contributed by atoms with Crippen LogP contribution in [0.5, 0.6) is 0 Å². The fraction of sp³-hybridized carbons (Fsp3) is 0.238. The van der Waals surface area contributed by atoms with E-state index >= 15 is 0 Å². The Kier molecular flexibility index (Phi) is 6.60. The summed E-state index contributed by atoms with van der Waals surface area (Å²) in [5.74, 6) is 0.468. The predicted octanol–water partition coefficient (Wildman–Crippen LogP) is 4.10. The van der Waals surface area contributed by atoms with Gasteiger partial charge in [0.05, 0.1) is 23.9 Å². The van der Waals surface area contributed by atoms with Gasteiger partial charge in [-0.3, -0.25) is 4.79 Å². The molecule has 1 heterocycles. The lowest BCUT2D eigenvalue weighted by atomic mass is 10.2. The van der Waals surface area contributed by atoms with Crippen molar-refractivity contribution in [2.24, 2.45) is 0 Å². The van der Waals surface area contributed by atoms with Crippen LogP contribution in [0.4, 0.5) is 5.69 Å². The summed E-state index contributed by atoms with van der Waals surface area (Å²) >= 11 is 1.39. The summed E-state index contributed by atoms with van der Waals surface area (Å²) in [6.07, 6.45) is 1.77. The molecule has 3 aromatic rings. The average Bonchev–Trinajstić information content (AvgIpc) is 2.72. The topological polar surface area (TPSA) is 81.2 Å². The SMILES string of the molecule is CCCc1nc(SCC(=O)Nc2ccc(C(=O)OC)cc2)c2ccccc2n1. The minimum Gasteiger partial charge on any atom is -0.465 e. The van der Waals surface area contributed by atoms with Crippen molar-refractivity contribution in [1.29, 1.82) is 0 Å². The van der Waals surface area contributed by atoms with Gasteiger partial charge in [-0.25, -0.2) is 14.8 Å². The number of aromatic nitrogens is 2. The van der Waals surface area contributed by atoms with E-state index in [1.807, 2.05) is 24.3 Å².